The molecule has 1 saturated heterocycles. The van der Waals surface area contributed by atoms with Gasteiger partial charge in [-0.25, -0.2) is 4.98 Å². The second-order valence-corrected chi connectivity index (χ2v) is 9.22. The first-order valence-electron chi connectivity index (χ1n) is 12.2. The number of amides is 2. The maximum Gasteiger partial charge on any atom is 0.249 e. The Morgan fingerprint density at radius 1 is 1.03 bits per heavy atom. The van der Waals surface area contributed by atoms with E-state index in [1.54, 1.807) is 12.1 Å². The zero-order valence-corrected chi connectivity index (χ0v) is 19.7. The van der Waals surface area contributed by atoms with E-state index in [0.717, 1.165) is 42.1 Å². The van der Waals surface area contributed by atoms with Gasteiger partial charge < -0.3 is 10.6 Å². The standard InChI is InChI=1S/C27H30N6O2/c34-26(10-5-15-33-13-1-2-14-33)29-24-9-4-8-22(28-24)21-7-3-6-19(16-21)17-27(35)30-25-18-23(31-32-25)20-11-12-20/h3-10,16,18,20H,1-2,11-15,17H2,(H,28,29,34)(H2,30,31,32,35)/b10-5+. The van der Waals surface area contributed by atoms with Crippen LogP contribution in [0.1, 0.15) is 42.9 Å². The van der Waals surface area contributed by atoms with Gasteiger partial charge in [0.25, 0.3) is 0 Å². The Labute approximate surface area is 204 Å². The fourth-order valence-corrected chi connectivity index (χ4v) is 4.32. The molecule has 0 radical (unpaired) electrons. The molecule has 0 spiro atoms. The first kappa shape index (κ1) is 23.0. The monoisotopic (exact) mass is 470 g/mol. The minimum absolute atomic E-state index is 0.120. The molecular formula is C27H30N6O2. The zero-order valence-electron chi connectivity index (χ0n) is 19.7. The minimum Gasteiger partial charge on any atom is -0.309 e. The molecule has 0 atom stereocenters. The fourth-order valence-electron chi connectivity index (χ4n) is 4.32. The average Bonchev–Trinajstić information content (AvgIpc) is 3.37. The summed E-state index contributed by atoms with van der Waals surface area (Å²) in [5.41, 5.74) is 3.57. The number of aromatic amines is 1. The van der Waals surface area contributed by atoms with Crippen LogP contribution < -0.4 is 10.6 Å². The summed E-state index contributed by atoms with van der Waals surface area (Å²) in [4.78, 5) is 31.7. The normalized spacial score (nSPS) is 16.0. The van der Waals surface area contributed by atoms with Gasteiger partial charge in [0.05, 0.1) is 12.1 Å². The summed E-state index contributed by atoms with van der Waals surface area (Å²) in [6, 6.07) is 15.2. The van der Waals surface area contributed by atoms with E-state index in [2.05, 4.69) is 30.7 Å². The lowest BCUT2D eigenvalue weighted by molar-refractivity contribution is -0.115. The molecule has 0 bridgehead atoms. The molecule has 1 saturated carbocycles. The van der Waals surface area contributed by atoms with Crippen molar-refractivity contribution >= 4 is 23.5 Å². The number of carbonyl (C=O) groups excluding carboxylic acids is 2. The number of benzene rings is 1. The molecule has 1 aromatic carbocycles. The van der Waals surface area contributed by atoms with Crippen LogP contribution >= 0.6 is 0 Å². The molecule has 8 heteroatoms. The number of carbonyl (C=O) groups is 2. The van der Waals surface area contributed by atoms with Crippen molar-refractivity contribution in [2.45, 2.75) is 38.0 Å². The number of aromatic nitrogens is 3. The maximum atomic E-state index is 12.5. The summed E-state index contributed by atoms with van der Waals surface area (Å²) in [6.45, 7) is 2.99. The highest BCUT2D eigenvalue weighted by atomic mass is 16.2. The van der Waals surface area contributed by atoms with Crippen molar-refractivity contribution in [1.82, 2.24) is 20.1 Å². The summed E-state index contributed by atoms with van der Waals surface area (Å²) >= 11 is 0. The van der Waals surface area contributed by atoms with Crippen molar-refractivity contribution in [1.29, 1.82) is 0 Å². The number of nitrogens with one attached hydrogen (secondary N) is 3. The third-order valence-corrected chi connectivity index (χ3v) is 6.30. The average molecular weight is 471 g/mol. The van der Waals surface area contributed by atoms with Gasteiger partial charge in [-0.1, -0.05) is 30.3 Å². The van der Waals surface area contributed by atoms with Crippen LogP contribution in [0.5, 0.6) is 0 Å². The van der Waals surface area contributed by atoms with E-state index in [1.807, 2.05) is 48.5 Å². The molecule has 2 aliphatic rings. The number of H-pyrrole nitrogens is 1. The Morgan fingerprint density at radius 2 is 1.86 bits per heavy atom. The summed E-state index contributed by atoms with van der Waals surface area (Å²) in [7, 11) is 0. The summed E-state index contributed by atoms with van der Waals surface area (Å²) in [6.07, 6.45) is 8.51. The highest BCUT2D eigenvalue weighted by Gasteiger charge is 2.25. The van der Waals surface area contributed by atoms with Crippen molar-refractivity contribution in [3.63, 3.8) is 0 Å². The van der Waals surface area contributed by atoms with E-state index in [9.17, 15) is 9.59 Å². The number of likely N-dealkylation sites (tertiary alicyclic amines) is 1. The third-order valence-electron chi connectivity index (χ3n) is 6.30. The molecule has 1 aliphatic carbocycles. The van der Waals surface area contributed by atoms with Crippen LogP contribution in [0.4, 0.5) is 11.6 Å². The van der Waals surface area contributed by atoms with Gasteiger partial charge in [0.1, 0.15) is 5.82 Å². The van der Waals surface area contributed by atoms with Gasteiger partial charge in [-0.15, -0.1) is 0 Å². The van der Waals surface area contributed by atoms with Crippen molar-refractivity contribution in [2.75, 3.05) is 30.3 Å². The van der Waals surface area contributed by atoms with Gasteiger partial charge in [-0.2, -0.15) is 5.10 Å². The van der Waals surface area contributed by atoms with Crippen LogP contribution in [0, 0.1) is 0 Å². The quantitative estimate of drug-likeness (QED) is 0.408. The molecule has 1 aliphatic heterocycles. The van der Waals surface area contributed by atoms with E-state index < -0.39 is 0 Å². The number of nitrogens with zero attached hydrogens (tertiary/aromatic N) is 3. The van der Waals surface area contributed by atoms with E-state index in [4.69, 9.17) is 0 Å². The smallest absolute Gasteiger partial charge is 0.249 e. The van der Waals surface area contributed by atoms with Gasteiger partial charge in [0, 0.05) is 35.9 Å². The Balaban J connectivity index is 1.18. The van der Waals surface area contributed by atoms with Crippen LogP contribution in [-0.4, -0.2) is 51.5 Å². The van der Waals surface area contributed by atoms with Crippen LogP contribution in [0.2, 0.25) is 0 Å². The molecule has 3 N–H and O–H groups in total. The predicted molar refractivity (Wildman–Crippen MR) is 136 cm³/mol. The lowest BCUT2D eigenvalue weighted by Gasteiger charge is -2.10. The molecule has 35 heavy (non-hydrogen) atoms. The number of hydrogen-bond donors (Lipinski definition) is 3. The second-order valence-electron chi connectivity index (χ2n) is 9.22. The highest BCUT2D eigenvalue weighted by Crippen LogP contribution is 2.39. The van der Waals surface area contributed by atoms with E-state index in [0.29, 0.717) is 17.6 Å². The number of rotatable bonds is 9. The first-order chi connectivity index (χ1) is 17.1. The van der Waals surface area contributed by atoms with Gasteiger partial charge >= 0.3 is 0 Å². The Bertz CT molecular complexity index is 1220. The molecule has 0 unspecified atom stereocenters. The van der Waals surface area contributed by atoms with Crippen LogP contribution in [0.3, 0.4) is 0 Å². The van der Waals surface area contributed by atoms with Crippen LogP contribution in [0.25, 0.3) is 11.3 Å². The van der Waals surface area contributed by atoms with Crippen LogP contribution in [0.15, 0.2) is 60.7 Å². The predicted octanol–water partition coefficient (Wildman–Crippen LogP) is 4.12. The minimum atomic E-state index is -0.192. The Hall–Kier alpha value is -3.78. The molecule has 8 nitrogen and oxygen atoms in total. The van der Waals surface area contributed by atoms with Gasteiger partial charge in [-0.05, 0) is 62.5 Å². The van der Waals surface area contributed by atoms with Crippen LogP contribution in [-0.2, 0) is 16.0 Å². The topological polar surface area (TPSA) is 103 Å². The van der Waals surface area contributed by atoms with E-state index >= 15 is 0 Å². The number of anilines is 2. The lowest BCUT2D eigenvalue weighted by atomic mass is 10.1. The molecule has 3 aromatic rings. The van der Waals surface area contributed by atoms with E-state index in [1.165, 1.54) is 25.7 Å². The fraction of sp³-hybridized carbons (Fsp3) is 0.333. The van der Waals surface area contributed by atoms with Crippen molar-refractivity contribution in [3.8, 4) is 11.3 Å². The Morgan fingerprint density at radius 3 is 2.69 bits per heavy atom. The van der Waals surface area contributed by atoms with Crippen molar-refractivity contribution < 1.29 is 9.59 Å². The highest BCUT2D eigenvalue weighted by molar-refractivity contribution is 5.98. The number of hydrogen-bond acceptors (Lipinski definition) is 5. The van der Waals surface area contributed by atoms with Gasteiger partial charge in [0.2, 0.25) is 11.8 Å². The molecule has 2 fully saturated rings. The van der Waals surface area contributed by atoms with E-state index in [-0.39, 0.29) is 18.2 Å². The molecule has 3 heterocycles. The summed E-state index contributed by atoms with van der Waals surface area (Å²) in [5.74, 6) is 1.30. The largest absolute Gasteiger partial charge is 0.309 e. The third kappa shape index (κ3) is 6.42. The zero-order chi connectivity index (χ0) is 24.0. The summed E-state index contributed by atoms with van der Waals surface area (Å²) < 4.78 is 0. The molecule has 180 valence electrons. The molecule has 5 rings (SSSR count). The molecular weight excluding hydrogens is 440 g/mol. The van der Waals surface area contributed by atoms with Gasteiger partial charge in [0.15, 0.2) is 5.82 Å². The van der Waals surface area contributed by atoms with Crippen molar-refractivity contribution in [2.24, 2.45) is 0 Å². The molecule has 2 aromatic heterocycles. The molecule has 2 amide bonds. The second kappa shape index (κ2) is 10.7. The maximum absolute atomic E-state index is 12.5. The first-order valence-corrected chi connectivity index (χ1v) is 12.2. The SMILES string of the molecule is O=C(/C=C/CN1CCCC1)Nc1cccc(-c2cccc(CC(=O)Nc3cc(C4CC4)[nH]n3)c2)n1. The lowest BCUT2D eigenvalue weighted by Crippen LogP contribution is -2.19. The number of pyridine rings is 1. The van der Waals surface area contributed by atoms with Gasteiger partial charge in [-0.3, -0.25) is 19.6 Å². The van der Waals surface area contributed by atoms with Crippen molar-refractivity contribution in [3.05, 3.63) is 71.9 Å². The Kier molecular flexibility index (Phi) is 6.99. The summed E-state index contributed by atoms with van der Waals surface area (Å²) in [5, 5.41) is 12.9.